The summed E-state index contributed by atoms with van der Waals surface area (Å²) >= 11 is 1.67. The molecule has 0 N–H and O–H groups in total. The van der Waals surface area contributed by atoms with Crippen molar-refractivity contribution in [2.45, 2.75) is 32.0 Å². The fourth-order valence-corrected chi connectivity index (χ4v) is 2.95. The van der Waals surface area contributed by atoms with Gasteiger partial charge in [-0.25, -0.2) is 0 Å². The summed E-state index contributed by atoms with van der Waals surface area (Å²) in [4.78, 5) is 0. The predicted octanol–water partition coefficient (Wildman–Crippen LogP) is 3.10. The maximum atomic E-state index is 5.91. The van der Waals surface area contributed by atoms with E-state index in [1.54, 1.807) is 25.2 Å². The zero-order chi connectivity index (χ0) is 15.8. The van der Waals surface area contributed by atoms with Crippen LogP contribution in [0, 0.1) is 13.8 Å². The largest absolute Gasteiger partial charge is 0.492 e. The number of ether oxygens (including phenoxy) is 2. The van der Waals surface area contributed by atoms with Crippen LogP contribution in [0.25, 0.3) is 0 Å². The minimum absolute atomic E-state index is 0.654. The van der Waals surface area contributed by atoms with Crippen LogP contribution in [0.1, 0.15) is 17.5 Å². The first kappa shape index (κ1) is 16.8. The van der Waals surface area contributed by atoms with Crippen molar-refractivity contribution in [3.63, 3.8) is 0 Å². The fourth-order valence-electron chi connectivity index (χ4n) is 2.19. The fraction of sp³-hybridized carbons (Fsp3) is 0.500. The molecule has 0 aliphatic carbocycles. The Morgan fingerprint density at radius 3 is 2.68 bits per heavy atom. The van der Waals surface area contributed by atoms with Crippen molar-refractivity contribution in [3.05, 3.63) is 35.7 Å². The van der Waals surface area contributed by atoms with Gasteiger partial charge in [-0.05, 0) is 31.4 Å². The highest BCUT2D eigenvalue weighted by Gasteiger charge is 2.06. The molecule has 0 radical (unpaired) electrons. The third-order valence-electron chi connectivity index (χ3n) is 3.30. The van der Waals surface area contributed by atoms with Crippen molar-refractivity contribution in [3.8, 4) is 5.75 Å². The van der Waals surface area contributed by atoms with Gasteiger partial charge in [0.15, 0.2) is 5.16 Å². The summed E-state index contributed by atoms with van der Waals surface area (Å²) in [6.45, 7) is 6.42. The third-order valence-corrected chi connectivity index (χ3v) is 4.24. The minimum Gasteiger partial charge on any atom is -0.492 e. The van der Waals surface area contributed by atoms with Crippen molar-refractivity contribution in [2.75, 3.05) is 26.1 Å². The minimum atomic E-state index is 0.654. The highest BCUT2D eigenvalue weighted by Crippen LogP contribution is 2.23. The van der Waals surface area contributed by atoms with Crippen LogP contribution in [0.2, 0.25) is 0 Å². The number of nitrogens with zero attached hydrogens (tertiary/aromatic N) is 3. The maximum absolute atomic E-state index is 5.91. The highest BCUT2D eigenvalue weighted by molar-refractivity contribution is 7.99. The van der Waals surface area contributed by atoms with Gasteiger partial charge in [0.1, 0.15) is 12.1 Å². The summed E-state index contributed by atoms with van der Waals surface area (Å²) in [6.07, 6.45) is 2.73. The van der Waals surface area contributed by atoms with Crippen molar-refractivity contribution >= 4 is 11.8 Å². The Morgan fingerprint density at radius 2 is 1.95 bits per heavy atom. The normalized spacial score (nSPS) is 10.9. The standard InChI is InChI=1S/C16H23N3O2S/c1-13-6-4-7-14(2)15(13)21-10-11-22-16-18-17-12-19(16)8-5-9-20-3/h4,6-7,12H,5,8-11H2,1-3H3. The molecular formula is C16H23N3O2S. The lowest BCUT2D eigenvalue weighted by Crippen LogP contribution is -2.05. The number of benzene rings is 1. The number of rotatable bonds is 9. The Bertz CT molecular complexity index is 566. The maximum Gasteiger partial charge on any atom is 0.191 e. The van der Waals surface area contributed by atoms with Crippen LogP contribution in [-0.2, 0) is 11.3 Å². The molecule has 1 heterocycles. The molecule has 0 spiro atoms. The van der Waals surface area contributed by atoms with Gasteiger partial charge in [-0.15, -0.1) is 10.2 Å². The molecular weight excluding hydrogens is 298 g/mol. The molecule has 0 saturated carbocycles. The van der Waals surface area contributed by atoms with E-state index in [9.17, 15) is 0 Å². The van der Waals surface area contributed by atoms with Crippen LogP contribution in [0.4, 0.5) is 0 Å². The molecule has 1 aromatic carbocycles. The number of para-hydroxylation sites is 1. The van der Waals surface area contributed by atoms with Crippen LogP contribution in [0.15, 0.2) is 29.7 Å². The Labute approximate surface area is 136 Å². The SMILES string of the molecule is COCCCn1cnnc1SCCOc1c(C)cccc1C. The molecule has 6 heteroatoms. The smallest absolute Gasteiger partial charge is 0.191 e. The number of methoxy groups -OCH3 is 1. The van der Waals surface area contributed by atoms with E-state index in [0.29, 0.717) is 6.61 Å². The van der Waals surface area contributed by atoms with Crippen molar-refractivity contribution < 1.29 is 9.47 Å². The lowest BCUT2D eigenvalue weighted by Gasteiger charge is -2.11. The molecule has 0 unspecified atom stereocenters. The summed E-state index contributed by atoms with van der Waals surface area (Å²) in [5.74, 6) is 1.83. The first-order chi connectivity index (χ1) is 10.7. The van der Waals surface area contributed by atoms with Crippen molar-refractivity contribution in [2.24, 2.45) is 0 Å². The summed E-state index contributed by atoms with van der Waals surface area (Å²) in [6, 6.07) is 6.19. The second-order valence-corrected chi connectivity index (χ2v) is 6.13. The average molecular weight is 321 g/mol. The Balaban J connectivity index is 1.78. The molecule has 1 aromatic heterocycles. The van der Waals surface area contributed by atoms with Gasteiger partial charge in [-0.1, -0.05) is 30.0 Å². The van der Waals surface area contributed by atoms with Gasteiger partial charge in [0.2, 0.25) is 0 Å². The molecule has 120 valence electrons. The highest BCUT2D eigenvalue weighted by atomic mass is 32.2. The van der Waals surface area contributed by atoms with Gasteiger partial charge >= 0.3 is 0 Å². The van der Waals surface area contributed by atoms with Gasteiger partial charge in [-0.3, -0.25) is 0 Å². The zero-order valence-corrected chi connectivity index (χ0v) is 14.2. The van der Waals surface area contributed by atoms with Gasteiger partial charge < -0.3 is 14.0 Å². The molecule has 22 heavy (non-hydrogen) atoms. The summed E-state index contributed by atoms with van der Waals surface area (Å²) < 4.78 is 13.0. The van der Waals surface area contributed by atoms with E-state index in [0.717, 1.165) is 36.2 Å². The van der Waals surface area contributed by atoms with Crippen LogP contribution in [0.5, 0.6) is 5.75 Å². The number of aryl methyl sites for hydroxylation is 3. The van der Waals surface area contributed by atoms with E-state index in [1.165, 1.54) is 11.1 Å². The van der Waals surface area contributed by atoms with Crippen molar-refractivity contribution in [1.29, 1.82) is 0 Å². The van der Waals surface area contributed by atoms with E-state index in [2.05, 4.69) is 46.8 Å². The molecule has 0 fully saturated rings. The summed E-state index contributed by atoms with van der Waals surface area (Å²) in [7, 11) is 1.71. The van der Waals surface area contributed by atoms with E-state index < -0.39 is 0 Å². The zero-order valence-electron chi connectivity index (χ0n) is 13.4. The van der Waals surface area contributed by atoms with Crippen molar-refractivity contribution in [1.82, 2.24) is 14.8 Å². The third kappa shape index (κ3) is 4.74. The lowest BCUT2D eigenvalue weighted by molar-refractivity contribution is 0.189. The quantitative estimate of drug-likeness (QED) is 0.525. The Hall–Kier alpha value is -1.53. The van der Waals surface area contributed by atoms with E-state index >= 15 is 0 Å². The molecule has 0 atom stereocenters. The number of thioether (sulfide) groups is 1. The predicted molar refractivity (Wildman–Crippen MR) is 88.7 cm³/mol. The average Bonchev–Trinajstić information content (AvgIpc) is 2.94. The molecule has 0 saturated heterocycles. The molecule has 0 amide bonds. The van der Waals surface area contributed by atoms with Crippen LogP contribution < -0.4 is 4.74 Å². The number of aromatic nitrogens is 3. The van der Waals surface area contributed by atoms with Gasteiger partial charge in [-0.2, -0.15) is 0 Å². The number of hydrogen-bond donors (Lipinski definition) is 0. The molecule has 0 aliphatic heterocycles. The lowest BCUT2D eigenvalue weighted by atomic mass is 10.1. The summed E-state index contributed by atoms with van der Waals surface area (Å²) in [5.41, 5.74) is 2.35. The molecule has 0 bridgehead atoms. The molecule has 2 rings (SSSR count). The second-order valence-electron chi connectivity index (χ2n) is 5.07. The Kier molecular flexibility index (Phi) is 6.74. The van der Waals surface area contributed by atoms with E-state index in [1.807, 2.05) is 0 Å². The first-order valence-corrected chi connectivity index (χ1v) is 8.39. The molecule has 2 aromatic rings. The van der Waals surface area contributed by atoms with E-state index in [4.69, 9.17) is 9.47 Å². The first-order valence-electron chi connectivity index (χ1n) is 7.41. The topological polar surface area (TPSA) is 49.2 Å². The van der Waals surface area contributed by atoms with Gasteiger partial charge in [0.05, 0.1) is 6.61 Å². The van der Waals surface area contributed by atoms with Crippen LogP contribution in [0.3, 0.4) is 0 Å². The van der Waals surface area contributed by atoms with Gasteiger partial charge in [0.25, 0.3) is 0 Å². The summed E-state index contributed by atoms with van der Waals surface area (Å²) in [5, 5.41) is 9.06. The van der Waals surface area contributed by atoms with E-state index in [-0.39, 0.29) is 0 Å². The van der Waals surface area contributed by atoms with Crippen LogP contribution in [-0.4, -0.2) is 40.8 Å². The molecule has 5 nitrogen and oxygen atoms in total. The molecule has 0 aliphatic rings. The van der Waals surface area contributed by atoms with Crippen LogP contribution >= 0.6 is 11.8 Å². The second kappa shape index (κ2) is 8.80. The Morgan fingerprint density at radius 1 is 1.18 bits per heavy atom. The monoisotopic (exact) mass is 321 g/mol. The van der Waals surface area contributed by atoms with Gasteiger partial charge in [0, 0.05) is 26.0 Å². The number of hydrogen-bond acceptors (Lipinski definition) is 5.